The molecule has 0 bridgehead atoms. The van der Waals surface area contributed by atoms with Gasteiger partial charge in [0.05, 0.1) is 34.0 Å². The molecule has 0 unspecified atom stereocenters. The molecule has 24 heavy (non-hydrogen) atoms. The van der Waals surface area contributed by atoms with Gasteiger partial charge in [-0.3, -0.25) is 0 Å². The van der Waals surface area contributed by atoms with E-state index in [-0.39, 0.29) is 12.4 Å². The first-order valence-corrected chi connectivity index (χ1v) is 8.90. The third-order valence-corrected chi connectivity index (χ3v) is 4.85. The second kappa shape index (κ2) is 8.43. The van der Waals surface area contributed by atoms with Gasteiger partial charge in [0.2, 0.25) is 0 Å². The molecule has 126 valence electrons. The molecule has 1 aliphatic rings. The first-order valence-electron chi connectivity index (χ1n) is 7.16. The van der Waals surface area contributed by atoms with Crippen LogP contribution >= 0.6 is 35.0 Å². The van der Waals surface area contributed by atoms with E-state index in [1.54, 1.807) is 32.0 Å². The molecule has 0 aromatic heterocycles. The Hall–Kier alpha value is -1.68. The van der Waals surface area contributed by atoms with Crippen LogP contribution in [0.4, 0.5) is 0 Å². The van der Waals surface area contributed by atoms with Gasteiger partial charge in [-0.15, -0.1) is 0 Å². The summed E-state index contributed by atoms with van der Waals surface area (Å²) in [6, 6.07) is 6.60. The van der Waals surface area contributed by atoms with Gasteiger partial charge in [0, 0.05) is 11.3 Å². The Balaban J connectivity index is 2.51. The molecule has 1 heterocycles. The van der Waals surface area contributed by atoms with Crippen molar-refractivity contribution in [2.45, 2.75) is 19.9 Å². The van der Waals surface area contributed by atoms with Crippen LogP contribution < -0.4 is 5.32 Å². The lowest BCUT2D eigenvalue weighted by Gasteiger charge is -2.26. The number of esters is 1. The summed E-state index contributed by atoms with van der Waals surface area (Å²) in [7, 11) is 0. The number of nitriles is 1. The van der Waals surface area contributed by atoms with Gasteiger partial charge in [0.25, 0.3) is 0 Å². The Kier molecular flexibility index (Phi) is 6.55. The summed E-state index contributed by atoms with van der Waals surface area (Å²) in [5.41, 5.74) is 1.61. The zero-order valence-electron chi connectivity index (χ0n) is 13.1. The van der Waals surface area contributed by atoms with Crippen LogP contribution in [0.1, 0.15) is 25.5 Å². The van der Waals surface area contributed by atoms with Crippen molar-refractivity contribution in [2.75, 3.05) is 12.4 Å². The summed E-state index contributed by atoms with van der Waals surface area (Å²) in [6.45, 7) is 3.76. The van der Waals surface area contributed by atoms with Crippen molar-refractivity contribution in [3.05, 3.63) is 45.1 Å². The van der Waals surface area contributed by atoms with Crippen molar-refractivity contribution < 1.29 is 9.53 Å². The third-order valence-electron chi connectivity index (χ3n) is 3.26. The Bertz CT molecular complexity index is 756. The topological polar surface area (TPSA) is 74.5 Å². The second-order valence-corrected chi connectivity index (χ2v) is 6.56. The summed E-state index contributed by atoms with van der Waals surface area (Å²) in [5.74, 6) is -0.222. The SMILES string of the molecule is CCOC(=O)C1=C(C)NC(SCC#N)=N[C@@H]1c1cccc(Cl)c1Cl. The van der Waals surface area contributed by atoms with Crippen molar-refractivity contribution >= 4 is 46.1 Å². The van der Waals surface area contributed by atoms with Crippen LogP contribution in [0.15, 0.2) is 34.5 Å². The predicted octanol–water partition coefficient (Wildman–Crippen LogP) is 4.09. The van der Waals surface area contributed by atoms with Gasteiger partial charge >= 0.3 is 5.97 Å². The number of thioether (sulfide) groups is 1. The van der Waals surface area contributed by atoms with E-state index in [2.05, 4.69) is 10.3 Å². The minimum Gasteiger partial charge on any atom is -0.463 e. The second-order valence-electron chi connectivity index (χ2n) is 4.81. The van der Waals surface area contributed by atoms with Gasteiger partial charge in [0.15, 0.2) is 5.17 Å². The van der Waals surface area contributed by atoms with E-state index in [9.17, 15) is 4.79 Å². The molecule has 1 N–H and O–H groups in total. The average Bonchev–Trinajstić information content (AvgIpc) is 2.55. The zero-order chi connectivity index (χ0) is 17.7. The molecule has 1 aliphatic heterocycles. The highest BCUT2D eigenvalue weighted by atomic mass is 35.5. The molecule has 2 rings (SSSR count). The summed E-state index contributed by atoms with van der Waals surface area (Å²) >= 11 is 13.7. The maximum absolute atomic E-state index is 12.4. The highest BCUT2D eigenvalue weighted by molar-refractivity contribution is 8.14. The minimum atomic E-state index is -0.641. The lowest BCUT2D eigenvalue weighted by molar-refractivity contribution is -0.138. The van der Waals surface area contributed by atoms with Crippen LogP contribution in [-0.4, -0.2) is 23.5 Å². The van der Waals surface area contributed by atoms with Gasteiger partial charge in [-0.25, -0.2) is 9.79 Å². The molecule has 0 saturated heterocycles. The molecule has 0 fully saturated rings. The molecule has 1 atom stereocenters. The van der Waals surface area contributed by atoms with Crippen LogP contribution in [0.2, 0.25) is 10.0 Å². The first-order chi connectivity index (χ1) is 11.5. The molecule has 0 spiro atoms. The normalized spacial score (nSPS) is 17.0. The third kappa shape index (κ3) is 4.04. The summed E-state index contributed by atoms with van der Waals surface area (Å²) < 4.78 is 5.15. The van der Waals surface area contributed by atoms with Crippen molar-refractivity contribution in [1.82, 2.24) is 5.32 Å². The number of carbonyl (C=O) groups is 1. The fraction of sp³-hybridized carbons (Fsp3) is 0.312. The number of nitrogens with zero attached hydrogens (tertiary/aromatic N) is 2. The molecule has 0 aliphatic carbocycles. The van der Waals surface area contributed by atoms with Gasteiger partial charge < -0.3 is 10.1 Å². The number of ether oxygens (including phenoxy) is 1. The zero-order valence-corrected chi connectivity index (χ0v) is 15.4. The van der Waals surface area contributed by atoms with E-state index in [1.165, 1.54) is 11.8 Å². The first kappa shape index (κ1) is 18.7. The number of hydrogen-bond donors (Lipinski definition) is 1. The molecular formula is C16H15Cl2N3O2S. The fourth-order valence-corrected chi connectivity index (χ4v) is 3.27. The molecule has 5 nitrogen and oxygen atoms in total. The highest BCUT2D eigenvalue weighted by Gasteiger charge is 2.32. The van der Waals surface area contributed by atoms with Crippen molar-refractivity contribution in [2.24, 2.45) is 4.99 Å². The molecular weight excluding hydrogens is 369 g/mol. The standard InChI is InChI=1S/C16H15Cl2N3O2S/c1-3-23-15(22)12-9(2)20-16(24-8-7-19)21-14(12)10-5-4-6-11(17)13(10)18/h4-6,14H,3,8H2,1-2H3,(H,20,21)/t14-/m1/s1. The number of benzene rings is 1. The van der Waals surface area contributed by atoms with Gasteiger partial charge in [-0.2, -0.15) is 5.26 Å². The summed E-state index contributed by atoms with van der Waals surface area (Å²) in [5, 5.41) is 13.1. The van der Waals surface area contributed by atoms with Gasteiger partial charge in [-0.1, -0.05) is 47.1 Å². The van der Waals surface area contributed by atoms with Crippen LogP contribution in [0.3, 0.4) is 0 Å². The number of amidine groups is 1. The number of carbonyl (C=O) groups excluding carboxylic acids is 1. The molecule has 1 aromatic carbocycles. The number of allylic oxidation sites excluding steroid dienone is 1. The van der Waals surface area contributed by atoms with E-state index in [0.717, 1.165) is 0 Å². The maximum atomic E-state index is 12.4. The van der Waals surface area contributed by atoms with Gasteiger partial charge in [-0.05, 0) is 19.9 Å². The molecule has 1 aromatic rings. The molecule has 8 heteroatoms. The maximum Gasteiger partial charge on any atom is 0.338 e. The van der Waals surface area contributed by atoms with E-state index in [1.807, 2.05) is 6.07 Å². The summed E-state index contributed by atoms with van der Waals surface area (Å²) in [6.07, 6.45) is 0. The lowest BCUT2D eigenvalue weighted by Crippen LogP contribution is -2.30. The summed E-state index contributed by atoms with van der Waals surface area (Å²) in [4.78, 5) is 16.9. The average molecular weight is 384 g/mol. The van der Waals surface area contributed by atoms with E-state index in [0.29, 0.717) is 32.0 Å². The number of halogens is 2. The van der Waals surface area contributed by atoms with Crippen LogP contribution in [0, 0.1) is 11.3 Å². The largest absolute Gasteiger partial charge is 0.463 e. The molecule has 0 radical (unpaired) electrons. The fourth-order valence-electron chi connectivity index (χ4n) is 2.25. The van der Waals surface area contributed by atoms with Crippen LogP contribution in [-0.2, 0) is 9.53 Å². The Labute approximate surface area is 154 Å². The van der Waals surface area contributed by atoms with Crippen molar-refractivity contribution in [1.29, 1.82) is 5.26 Å². The number of nitrogens with one attached hydrogen (secondary N) is 1. The highest BCUT2D eigenvalue weighted by Crippen LogP contribution is 2.38. The van der Waals surface area contributed by atoms with E-state index in [4.69, 9.17) is 33.2 Å². The smallest absolute Gasteiger partial charge is 0.338 e. The Morgan fingerprint density at radius 3 is 2.92 bits per heavy atom. The number of hydrogen-bond acceptors (Lipinski definition) is 6. The van der Waals surface area contributed by atoms with Crippen molar-refractivity contribution in [3.63, 3.8) is 0 Å². The number of aliphatic imine (C=N–C) groups is 1. The van der Waals surface area contributed by atoms with E-state index >= 15 is 0 Å². The number of rotatable bonds is 4. The quantitative estimate of drug-likeness (QED) is 0.792. The minimum absolute atomic E-state index is 0.240. The van der Waals surface area contributed by atoms with Crippen molar-refractivity contribution in [3.8, 4) is 6.07 Å². The molecule has 0 saturated carbocycles. The Morgan fingerprint density at radius 2 is 2.25 bits per heavy atom. The van der Waals surface area contributed by atoms with Crippen LogP contribution in [0.25, 0.3) is 0 Å². The Morgan fingerprint density at radius 1 is 1.50 bits per heavy atom. The van der Waals surface area contributed by atoms with Gasteiger partial charge in [0.1, 0.15) is 6.04 Å². The van der Waals surface area contributed by atoms with E-state index < -0.39 is 12.0 Å². The van der Waals surface area contributed by atoms with Crippen LogP contribution in [0.5, 0.6) is 0 Å². The lowest BCUT2D eigenvalue weighted by atomic mass is 9.96. The monoisotopic (exact) mass is 383 g/mol. The molecule has 0 amide bonds. The predicted molar refractivity (Wildman–Crippen MR) is 97.2 cm³/mol.